The molecule has 1 aromatic rings. The molecule has 1 aromatic carbocycles. The van der Waals surface area contributed by atoms with Gasteiger partial charge >= 0.3 is 5.97 Å². The lowest BCUT2D eigenvalue weighted by molar-refractivity contribution is -0.131. The minimum absolute atomic E-state index is 0.00827. The van der Waals surface area contributed by atoms with E-state index in [-0.39, 0.29) is 11.2 Å². The number of ether oxygens (including phenoxy) is 1. The Kier molecular flexibility index (Phi) is 7.83. The van der Waals surface area contributed by atoms with Crippen molar-refractivity contribution in [3.8, 4) is 5.75 Å². The van der Waals surface area contributed by atoms with Crippen molar-refractivity contribution < 1.29 is 19.0 Å². The van der Waals surface area contributed by atoms with Crippen LogP contribution in [0.1, 0.15) is 77.5 Å². The molecule has 4 heteroatoms. The first-order chi connectivity index (χ1) is 14.1. The third kappa shape index (κ3) is 5.29. The van der Waals surface area contributed by atoms with Gasteiger partial charge < -0.3 is 9.84 Å². The lowest BCUT2D eigenvalue weighted by Gasteiger charge is -2.33. The zero-order chi connectivity index (χ0) is 22.5. The Hall–Kier alpha value is -2.62. The zero-order valence-electron chi connectivity index (χ0n) is 18.9. The van der Waals surface area contributed by atoms with Gasteiger partial charge in [0.1, 0.15) is 11.6 Å². The van der Waals surface area contributed by atoms with Gasteiger partial charge in [0.25, 0.3) is 0 Å². The van der Waals surface area contributed by atoms with E-state index in [2.05, 4.69) is 39.0 Å². The van der Waals surface area contributed by atoms with Crippen molar-refractivity contribution in [3.63, 3.8) is 0 Å². The number of carboxylic acids is 1. The van der Waals surface area contributed by atoms with Crippen LogP contribution in [0, 0.1) is 0 Å². The van der Waals surface area contributed by atoms with Crippen LogP contribution in [0.4, 0.5) is 4.39 Å². The molecule has 0 heterocycles. The molecule has 0 fully saturated rings. The molecule has 0 saturated heterocycles. The maximum Gasteiger partial charge on any atom is 0.328 e. The maximum absolute atomic E-state index is 15.2. The van der Waals surface area contributed by atoms with Crippen LogP contribution >= 0.6 is 0 Å². The van der Waals surface area contributed by atoms with E-state index in [0.717, 1.165) is 30.0 Å². The quantitative estimate of drug-likeness (QED) is 0.362. The molecule has 0 saturated carbocycles. The molecule has 0 atom stereocenters. The van der Waals surface area contributed by atoms with Crippen LogP contribution in [0.3, 0.4) is 0 Å². The Morgan fingerprint density at radius 2 is 1.93 bits per heavy atom. The second kappa shape index (κ2) is 9.92. The molecule has 0 unspecified atom stereocenters. The van der Waals surface area contributed by atoms with E-state index < -0.39 is 5.97 Å². The first-order valence-electron chi connectivity index (χ1n) is 10.6. The van der Waals surface area contributed by atoms with Gasteiger partial charge in [0.15, 0.2) is 0 Å². The van der Waals surface area contributed by atoms with Gasteiger partial charge in [-0.3, -0.25) is 0 Å². The van der Waals surface area contributed by atoms with Gasteiger partial charge in [0, 0.05) is 11.6 Å². The van der Waals surface area contributed by atoms with Crippen molar-refractivity contribution in [1.82, 2.24) is 0 Å². The first-order valence-corrected chi connectivity index (χ1v) is 10.6. The molecule has 0 amide bonds. The van der Waals surface area contributed by atoms with Crippen molar-refractivity contribution in [1.29, 1.82) is 0 Å². The highest BCUT2D eigenvalue weighted by molar-refractivity contribution is 5.82. The van der Waals surface area contributed by atoms with Crippen LogP contribution in [0.25, 0.3) is 11.1 Å². The first kappa shape index (κ1) is 23.7. The summed E-state index contributed by atoms with van der Waals surface area (Å²) in [6.07, 6.45) is 8.55. The number of hydrogen-bond donors (Lipinski definition) is 1. The van der Waals surface area contributed by atoms with E-state index in [4.69, 9.17) is 9.84 Å². The zero-order valence-corrected chi connectivity index (χ0v) is 18.9. The van der Waals surface area contributed by atoms with E-state index >= 15 is 4.39 Å². The average Bonchev–Trinajstić information content (AvgIpc) is 2.67. The molecule has 3 nitrogen and oxygen atoms in total. The minimum Gasteiger partial charge on any atom is -0.493 e. The predicted molar refractivity (Wildman–Crippen MR) is 122 cm³/mol. The SMILES string of the molecule is CCOc1cc2c(cc1C(CC)=C(F)C=CC(C)=CC(=O)O)C(CC)=CCC2(C)C. The number of aliphatic carboxylic acids is 1. The van der Waals surface area contributed by atoms with Gasteiger partial charge in [-0.25, -0.2) is 9.18 Å². The van der Waals surface area contributed by atoms with Crippen LogP contribution in [-0.4, -0.2) is 17.7 Å². The molecule has 0 aromatic heterocycles. The molecule has 0 bridgehead atoms. The molecule has 1 N–H and O–H groups in total. The molecule has 2 rings (SSSR count). The number of fused-ring (bicyclic) bond motifs is 1. The molecule has 1 aliphatic carbocycles. The van der Waals surface area contributed by atoms with Crippen molar-refractivity contribution in [2.45, 2.75) is 66.2 Å². The smallest absolute Gasteiger partial charge is 0.328 e. The second-order valence-electron chi connectivity index (χ2n) is 8.24. The van der Waals surface area contributed by atoms with Gasteiger partial charge in [-0.05, 0) is 84.6 Å². The number of benzene rings is 1. The molecule has 0 aliphatic heterocycles. The van der Waals surface area contributed by atoms with Gasteiger partial charge in [-0.1, -0.05) is 39.8 Å². The topological polar surface area (TPSA) is 46.5 Å². The summed E-state index contributed by atoms with van der Waals surface area (Å²) in [5, 5.41) is 8.84. The molecule has 30 heavy (non-hydrogen) atoms. The molecule has 1 aliphatic rings. The van der Waals surface area contributed by atoms with E-state index in [0.29, 0.717) is 29.9 Å². The fraction of sp³-hybridized carbons (Fsp3) is 0.423. The van der Waals surface area contributed by atoms with E-state index in [1.54, 1.807) is 6.92 Å². The van der Waals surface area contributed by atoms with Crippen LogP contribution in [0.5, 0.6) is 5.75 Å². The Labute approximate surface area is 179 Å². The number of hydrogen-bond acceptors (Lipinski definition) is 2. The monoisotopic (exact) mass is 412 g/mol. The van der Waals surface area contributed by atoms with Gasteiger partial charge in [-0.15, -0.1) is 0 Å². The van der Waals surface area contributed by atoms with E-state index in [1.807, 2.05) is 13.8 Å². The maximum atomic E-state index is 15.2. The summed E-state index contributed by atoms with van der Waals surface area (Å²) in [5.74, 6) is -0.736. The standard InChI is InChI=1S/C26H33FO3/c1-7-18-12-13-26(5,6)22-16-24(30-9-3)21(15-20(18)22)19(8-2)23(27)11-10-17(4)14-25(28)29/h10-12,14-16H,7-9,13H2,1-6H3,(H,28,29). The summed E-state index contributed by atoms with van der Waals surface area (Å²) in [7, 11) is 0. The number of allylic oxidation sites excluding steroid dienone is 7. The summed E-state index contributed by atoms with van der Waals surface area (Å²) in [4.78, 5) is 10.8. The largest absolute Gasteiger partial charge is 0.493 e. The Morgan fingerprint density at radius 3 is 2.50 bits per heavy atom. The Morgan fingerprint density at radius 1 is 1.23 bits per heavy atom. The summed E-state index contributed by atoms with van der Waals surface area (Å²) in [5.41, 5.74) is 5.46. The Balaban J connectivity index is 2.67. The van der Waals surface area contributed by atoms with E-state index in [1.165, 1.54) is 23.3 Å². The minimum atomic E-state index is -1.05. The summed E-state index contributed by atoms with van der Waals surface area (Å²) in [6.45, 7) is 12.6. The van der Waals surface area contributed by atoms with Crippen LogP contribution in [0.15, 0.2) is 47.8 Å². The van der Waals surface area contributed by atoms with Crippen molar-refractivity contribution >= 4 is 17.1 Å². The number of rotatable bonds is 8. The molecular weight excluding hydrogens is 379 g/mol. The van der Waals surface area contributed by atoms with Gasteiger partial charge in [0.2, 0.25) is 0 Å². The molecule has 0 radical (unpaired) electrons. The fourth-order valence-electron chi connectivity index (χ4n) is 3.89. The molecule has 162 valence electrons. The lowest BCUT2D eigenvalue weighted by atomic mass is 9.72. The summed E-state index contributed by atoms with van der Waals surface area (Å²) < 4.78 is 21.1. The number of halogens is 1. The van der Waals surface area contributed by atoms with Crippen LogP contribution < -0.4 is 4.74 Å². The second-order valence-corrected chi connectivity index (χ2v) is 8.24. The third-order valence-corrected chi connectivity index (χ3v) is 5.54. The summed E-state index contributed by atoms with van der Waals surface area (Å²) >= 11 is 0. The average molecular weight is 413 g/mol. The number of carboxylic acid groups (broad SMARTS) is 1. The normalized spacial score (nSPS) is 16.8. The number of carbonyl (C=O) groups is 1. The highest BCUT2D eigenvalue weighted by atomic mass is 19.1. The third-order valence-electron chi connectivity index (χ3n) is 5.54. The van der Waals surface area contributed by atoms with Crippen molar-refractivity contribution in [2.75, 3.05) is 6.61 Å². The van der Waals surface area contributed by atoms with Gasteiger partial charge in [0.05, 0.1) is 6.61 Å². The highest BCUT2D eigenvalue weighted by Crippen LogP contribution is 2.45. The summed E-state index contributed by atoms with van der Waals surface area (Å²) in [6, 6.07) is 4.15. The Bertz CT molecular complexity index is 930. The lowest BCUT2D eigenvalue weighted by Crippen LogP contribution is -2.22. The van der Waals surface area contributed by atoms with Crippen LogP contribution in [-0.2, 0) is 10.2 Å². The fourth-order valence-corrected chi connectivity index (χ4v) is 3.89. The molecule has 0 spiro atoms. The van der Waals surface area contributed by atoms with Gasteiger partial charge in [-0.2, -0.15) is 0 Å². The van der Waals surface area contributed by atoms with Crippen LogP contribution in [0.2, 0.25) is 0 Å². The molecular formula is C26H33FO3. The highest BCUT2D eigenvalue weighted by Gasteiger charge is 2.30. The van der Waals surface area contributed by atoms with Crippen molar-refractivity contribution in [2.24, 2.45) is 0 Å². The predicted octanol–water partition coefficient (Wildman–Crippen LogP) is 7.24. The van der Waals surface area contributed by atoms with E-state index in [9.17, 15) is 4.79 Å². The van der Waals surface area contributed by atoms with Crippen molar-refractivity contribution in [3.05, 3.63) is 64.5 Å².